The van der Waals surface area contributed by atoms with Crippen LogP contribution in [-0.4, -0.2) is 16.2 Å². The van der Waals surface area contributed by atoms with Gasteiger partial charge in [-0.3, -0.25) is 4.57 Å². The molecule has 0 aliphatic carbocycles. The highest BCUT2D eigenvalue weighted by Gasteiger charge is 2.06. The third-order valence-electron chi connectivity index (χ3n) is 3.49. The van der Waals surface area contributed by atoms with E-state index in [1.54, 1.807) is 0 Å². The Morgan fingerprint density at radius 1 is 1.14 bits per heavy atom. The van der Waals surface area contributed by atoms with Crippen LogP contribution in [0.1, 0.15) is 12.5 Å². The number of hydrogen-bond acceptors (Lipinski definition) is 2. The molecule has 4 heteroatoms. The Labute approximate surface area is 135 Å². The van der Waals surface area contributed by atoms with E-state index < -0.39 is 0 Å². The monoisotopic (exact) mass is 310 g/mol. The summed E-state index contributed by atoms with van der Waals surface area (Å²) in [6.07, 6.45) is 2.03. The molecule has 1 heterocycles. The van der Waals surface area contributed by atoms with Crippen LogP contribution in [0.5, 0.6) is 5.75 Å². The Balaban J connectivity index is 2.00. The minimum atomic E-state index is 0.649. The SMILES string of the molecule is CCOc1cccc(-n2cc(-c3ccc(C)cc3)[nH]c2=S)c1. The largest absolute Gasteiger partial charge is 0.494 e. The Bertz CT molecular complexity index is 831. The second-order valence-corrected chi connectivity index (χ2v) is 5.53. The second kappa shape index (κ2) is 6.20. The Hall–Kier alpha value is -2.33. The van der Waals surface area contributed by atoms with Crippen LogP contribution in [0, 0.1) is 11.7 Å². The zero-order chi connectivity index (χ0) is 15.5. The number of rotatable bonds is 4. The third kappa shape index (κ3) is 2.97. The highest BCUT2D eigenvalue weighted by atomic mass is 32.1. The van der Waals surface area contributed by atoms with Crippen molar-refractivity contribution >= 4 is 12.2 Å². The molecule has 3 rings (SSSR count). The molecule has 0 atom stereocenters. The number of H-pyrrole nitrogens is 1. The van der Waals surface area contributed by atoms with Crippen LogP contribution in [0.2, 0.25) is 0 Å². The summed E-state index contributed by atoms with van der Waals surface area (Å²) in [6.45, 7) is 4.71. The van der Waals surface area contributed by atoms with Gasteiger partial charge >= 0.3 is 0 Å². The summed E-state index contributed by atoms with van der Waals surface area (Å²) >= 11 is 5.46. The van der Waals surface area contributed by atoms with E-state index in [1.165, 1.54) is 5.56 Å². The van der Waals surface area contributed by atoms with Gasteiger partial charge in [0.1, 0.15) is 5.75 Å². The first-order valence-electron chi connectivity index (χ1n) is 7.29. The van der Waals surface area contributed by atoms with E-state index in [4.69, 9.17) is 17.0 Å². The maximum atomic E-state index is 5.55. The molecule has 3 aromatic rings. The van der Waals surface area contributed by atoms with Gasteiger partial charge in [0.2, 0.25) is 0 Å². The molecule has 0 aliphatic heterocycles. The maximum absolute atomic E-state index is 5.55. The Morgan fingerprint density at radius 2 is 1.91 bits per heavy atom. The molecule has 112 valence electrons. The van der Waals surface area contributed by atoms with Crippen LogP contribution in [0.3, 0.4) is 0 Å². The smallest absolute Gasteiger partial charge is 0.182 e. The van der Waals surface area contributed by atoms with Crippen LogP contribution in [-0.2, 0) is 0 Å². The molecule has 22 heavy (non-hydrogen) atoms. The molecule has 2 aromatic carbocycles. The Morgan fingerprint density at radius 3 is 2.64 bits per heavy atom. The van der Waals surface area contributed by atoms with Crippen molar-refractivity contribution in [2.24, 2.45) is 0 Å². The fourth-order valence-corrected chi connectivity index (χ4v) is 2.62. The molecule has 3 nitrogen and oxygen atoms in total. The number of aromatic amines is 1. The van der Waals surface area contributed by atoms with Gasteiger partial charge in [0.25, 0.3) is 0 Å². The van der Waals surface area contributed by atoms with E-state index >= 15 is 0 Å². The van der Waals surface area contributed by atoms with Crippen LogP contribution < -0.4 is 4.74 Å². The summed E-state index contributed by atoms with van der Waals surface area (Å²) in [7, 11) is 0. The minimum Gasteiger partial charge on any atom is -0.494 e. The normalized spacial score (nSPS) is 10.6. The van der Waals surface area contributed by atoms with Gasteiger partial charge in [-0.2, -0.15) is 0 Å². The highest BCUT2D eigenvalue weighted by Crippen LogP contribution is 2.22. The zero-order valence-corrected chi connectivity index (χ0v) is 13.5. The summed E-state index contributed by atoms with van der Waals surface area (Å²) in [4.78, 5) is 3.27. The van der Waals surface area contributed by atoms with E-state index in [1.807, 2.05) is 42.0 Å². The van der Waals surface area contributed by atoms with Crippen molar-refractivity contribution in [1.82, 2.24) is 9.55 Å². The molecule has 0 fully saturated rings. The lowest BCUT2D eigenvalue weighted by Crippen LogP contribution is -1.95. The molecule has 0 saturated carbocycles. The predicted octanol–water partition coefficient (Wildman–Crippen LogP) is 4.91. The topological polar surface area (TPSA) is 29.9 Å². The van der Waals surface area contributed by atoms with Crippen LogP contribution in [0.25, 0.3) is 16.9 Å². The molecule has 0 amide bonds. The molecule has 0 radical (unpaired) electrons. The number of aromatic nitrogens is 2. The molecule has 0 bridgehead atoms. The molecular weight excluding hydrogens is 292 g/mol. The predicted molar refractivity (Wildman–Crippen MR) is 92.3 cm³/mol. The van der Waals surface area contributed by atoms with Crippen molar-refractivity contribution < 1.29 is 4.74 Å². The van der Waals surface area contributed by atoms with Gasteiger partial charge in [0.05, 0.1) is 18.0 Å². The number of nitrogens with zero attached hydrogens (tertiary/aromatic N) is 1. The van der Waals surface area contributed by atoms with Gasteiger partial charge < -0.3 is 9.72 Å². The third-order valence-corrected chi connectivity index (χ3v) is 3.79. The van der Waals surface area contributed by atoms with Crippen molar-refractivity contribution in [3.8, 4) is 22.7 Å². The van der Waals surface area contributed by atoms with Crippen LogP contribution in [0.15, 0.2) is 54.7 Å². The summed E-state index contributed by atoms with van der Waals surface area (Å²) in [5.41, 5.74) is 4.36. The first kappa shape index (κ1) is 14.6. The van der Waals surface area contributed by atoms with E-state index in [2.05, 4.69) is 36.2 Å². The van der Waals surface area contributed by atoms with Crippen LogP contribution >= 0.6 is 12.2 Å². The van der Waals surface area contributed by atoms with Crippen LogP contribution in [0.4, 0.5) is 0 Å². The maximum Gasteiger partial charge on any atom is 0.182 e. The second-order valence-electron chi connectivity index (χ2n) is 5.14. The summed E-state index contributed by atoms with van der Waals surface area (Å²) < 4.78 is 8.19. The lowest BCUT2D eigenvalue weighted by molar-refractivity contribution is 0.340. The summed E-state index contributed by atoms with van der Waals surface area (Å²) in [5.74, 6) is 0.847. The quantitative estimate of drug-likeness (QED) is 0.694. The van der Waals surface area contributed by atoms with Gasteiger partial charge in [-0.1, -0.05) is 35.9 Å². The number of nitrogens with one attached hydrogen (secondary N) is 1. The van der Waals surface area contributed by atoms with Gasteiger partial charge in [0, 0.05) is 12.3 Å². The van der Waals surface area contributed by atoms with E-state index in [-0.39, 0.29) is 0 Å². The first-order valence-corrected chi connectivity index (χ1v) is 7.70. The molecular formula is C18H18N2OS. The van der Waals surface area contributed by atoms with Crippen molar-refractivity contribution in [2.45, 2.75) is 13.8 Å². The van der Waals surface area contributed by atoms with Crippen molar-refractivity contribution in [3.63, 3.8) is 0 Å². The van der Waals surface area contributed by atoms with Gasteiger partial charge in [-0.05, 0) is 43.8 Å². The van der Waals surface area contributed by atoms with Crippen molar-refractivity contribution in [2.75, 3.05) is 6.61 Å². The van der Waals surface area contributed by atoms with Crippen molar-refractivity contribution in [3.05, 3.63) is 65.1 Å². The number of benzene rings is 2. The van der Waals surface area contributed by atoms with Gasteiger partial charge in [0.15, 0.2) is 4.77 Å². The average molecular weight is 310 g/mol. The highest BCUT2D eigenvalue weighted by molar-refractivity contribution is 7.71. The van der Waals surface area contributed by atoms with E-state index in [0.29, 0.717) is 11.4 Å². The first-order chi connectivity index (χ1) is 10.7. The fourth-order valence-electron chi connectivity index (χ4n) is 2.36. The zero-order valence-electron chi connectivity index (χ0n) is 12.7. The molecule has 1 aromatic heterocycles. The van der Waals surface area contributed by atoms with Gasteiger partial charge in [-0.25, -0.2) is 0 Å². The van der Waals surface area contributed by atoms with Gasteiger partial charge in [-0.15, -0.1) is 0 Å². The lowest BCUT2D eigenvalue weighted by Gasteiger charge is -2.06. The molecule has 0 saturated heterocycles. The van der Waals surface area contributed by atoms with E-state index in [0.717, 1.165) is 22.7 Å². The molecule has 0 aliphatic rings. The minimum absolute atomic E-state index is 0.649. The molecule has 1 N–H and O–H groups in total. The molecule has 0 spiro atoms. The number of ether oxygens (including phenoxy) is 1. The number of hydrogen-bond donors (Lipinski definition) is 1. The average Bonchev–Trinajstić information content (AvgIpc) is 2.91. The summed E-state index contributed by atoms with van der Waals surface area (Å²) in [6, 6.07) is 16.3. The number of imidazole rings is 1. The standard InChI is InChI=1S/C18H18N2OS/c1-3-21-16-6-4-5-15(11-16)20-12-17(19-18(20)22)14-9-7-13(2)8-10-14/h4-12H,3H2,1-2H3,(H,19,22). The lowest BCUT2D eigenvalue weighted by atomic mass is 10.1. The Kier molecular flexibility index (Phi) is 4.11. The van der Waals surface area contributed by atoms with E-state index in [9.17, 15) is 0 Å². The number of aryl methyl sites for hydroxylation is 1. The fraction of sp³-hybridized carbons (Fsp3) is 0.167. The molecule has 0 unspecified atom stereocenters. The summed E-state index contributed by atoms with van der Waals surface area (Å²) in [5, 5.41) is 0. The van der Waals surface area contributed by atoms with Crippen molar-refractivity contribution in [1.29, 1.82) is 0 Å².